The summed E-state index contributed by atoms with van der Waals surface area (Å²) in [5, 5.41) is 11.8. The summed E-state index contributed by atoms with van der Waals surface area (Å²) >= 11 is 0. The molecule has 5 rings (SSSR count). The quantitative estimate of drug-likeness (QED) is 0.383. The van der Waals surface area contributed by atoms with Crippen LogP contribution >= 0.6 is 0 Å². The monoisotopic (exact) mass is 431 g/mol. The van der Waals surface area contributed by atoms with E-state index >= 15 is 0 Å². The third-order valence-electron chi connectivity index (χ3n) is 8.66. The first-order valence-corrected chi connectivity index (χ1v) is 11.9. The van der Waals surface area contributed by atoms with Gasteiger partial charge in [-0.1, -0.05) is 37.3 Å². The molecule has 0 aliphatic heterocycles. The van der Waals surface area contributed by atoms with E-state index in [4.69, 9.17) is 10.5 Å². The Labute approximate surface area is 190 Å². The summed E-state index contributed by atoms with van der Waals surface area (Å²) in [5.41, 5.74) is 9.51. The van der Waals surface area contributed by atoms with E-state index in [-0.39, 0.29) is 11.4 Å². The van der Waals surface area contributed by atoms with Crippen molar-refractivity contribution in [3.8, 4) is 5.75 Å². The lowest BCUT2D eigenvalue weighted by Crippen LogP contribution is -2.49. The molecule has 4 nitrogen and oxygen atoms in total. The van der Waals surface area contributed by atoms with E-state index in [1.807, 2.05) is 30.3 Å². The third-order valence-corrected chi connectivity index (χ3v) is 8.66. The Morgan fingerprint density at radius 2 is 1.91 bits per heavy atom. The van der Waals surface area contributed by atoms with Gasteiger partial charge in [0.05, 0.1) is 5.60 Å². The number of aryl methyl sites for hydroxylation is 1. The zero-order chi connectivity index (χ0) is 22.5. The van der Waals surface area contributed by atoms with Gasteiger partial charge in [0, 0.05) is 18.0 Å². The van der Waals surface area contributed by atoms with Gasteiger partial charge in [0.1, 0.15) is 5.75 Å². The van der Waals surface area contributed by atoms with Gasteiger partial charge in [0.25, 0.3) is 0 Å². The number of anilines is 1. The van der Waals surface area contributed by atoms with Crippen LogP contribution in [0, 0.1) is 17.3 Å². The highest BCUT2D eigenvalue weighted by Crippen LogP contribution is 2.64. The molecule has 2 aromatic rings. The summed E-state index contributed by atoms with van der Waals surface area (Å²) in [6.45, 7) is 3.76. The van der Waals surface area contributed by atoms with Crippen LogP contribution in [-0.4, -0.2) is 16.7 Å². The van der Waals surface area contributed by atoms with Crippen molar-refractivity contribution in [2.75, 3.05) is 5.73 Å². The molecule has 168 valence electrons. The van der Waals surface area contributed by atoms with Crippen LogP contribution in [0.25, 0.3) is 6.08 Å². The molecule has 0 unspecified atom stereocenters. The predicted octanol–water partition coefficient (Wildman–Crippen LogP) is 5.49. The molecular weight excluding hydrogens is 398 g/mol. The largest absolute Gasteiger partial charge is 0.427 e. The number of nitrogen functional groups attached to an aromatic ring is 1. The summed E-state index contributed by atoms with van der Waals surface area (Å²) in [6, 6.07) is 14.0. The molecule has 3 aliphatic rings. The van der Waals surface area contributed by atoms with Crippen LogP contribution in [0.1, 0.15) is 68.6 Å². The normalized spacial score (nSPS) is 33.4. The highest BCUT2D eigenvalue weighted by Gasteiger charge is 2.60. The van der Waals surface area contributed by atoms with Crippen LogP contribution in [0.3, 0.4) is 0 Å². The fourth-order valence-electron chi connectivity index (χ4n) is 6.95. The second kappa shape index (κ2) is 7.77. The molecule has 4 heteroatoms. The van der Waals surface area contributed by atoms with Gasteiger partial charge in [-0.3, -0.25) is 4.79 Å². The van der Waals surface area contributed by atoms with Gasteiger partial charge >= 0.3 is 5.97 Å². The van der Waals surface area contributed by atoms with Gasteiger partial charge in [-0.2, -0.15) is 0 Å². The molecule has 2 aromatic carbocycles. The van der Waals surface area contributed by atoms with E-state index in [1.54, 1.807) is 0 Å². The van der Waals surface area contributed by atoms with Crippen LogP contribution in [0.15, 0.2) is 48.5 Å². The SMILES string of the molecule is CC(=O)Oc1ccc2c(c1)CC[C@@H]1[C@@H]2CC[C@@]2(C)[C@H]1CC[C@@]2(O)/C=C\c1ccc(N)cc1. The van der Waals surface area contributed by atoms with Gasteiger partial charge in [-0.05, 0) is 97.2 Å². The average Bonchev–Trinajstić information content (AvgIpc) is 3.04. The lowest BCUT2D eigenvalue weighted by atomic mass is 9.53. The number of hydrogen-bond donors (Lipinski definition) is 2. The minimum Gasteiger partial charge on any atom is -0.427 e. The lowest BCUT2D eigenvalue weighted by Gasteiger charge is -2.52. The molecule has 0 bridgehead atoms. The topological polar surface area (TPSA) is 72.5 Å². The van der Waals surface area contributed by atoms with Gasteiger partial charge in [0.2, 0.25) is 0 Å². The Hall–Kier alpha value is -2.59. The van der Waals surface area contributed by atoms with E-state index in [1.165, 1.54) is 18.1 Å². The molecule has 3 aliphatic carbocycles. The van der Waals surface area contributed by atoms with Crippen molar-refractivity contribution < 1.29 is 14.6 Å². The van der Waals surface area contributed by atoms with Gasteiger partial charge in [-0.25, -0.2) is 0 Å². The first kappa shape index (κ1) is 21.3. The fourth-order valence-corrected chi connectivity index (χ4v) is 6.95. The second-order valence-corrected chi connectivity index (χ2v) is 10.3. The minimum absolute atomic E-state index is 0.104. The van der Waals surface area contributed by atoms with Crippen LogP contribution in [0.5, 0.6) is 5.75 Å². The van der Waals surface area contributed by atoms with Gasteiger partial charge < -0.3 is 15.6 Å². The fraction of sp³-hybridized carbons (Fsp3) is 0.464. The molecule has 3 N–H and O–H groups in total. The standard InChI is InChI=1S/C28H33NO3/c1-18(30)32-22-8-10-23-20(17-22)5-9-25-24(23)12-14-27(2)26(25)13-16-28(27,31)15-11-19-3-6-21(29)7-4-19/h3-4,6-8,10-11,15,17,24-26,31H,5,9,12-14,16,29H2,1-2H3/b15-11-/t24-,25-,26+,27+,28+/m1/s1. The summed E-state index contributed by atoms with van der Waals surface area (Å²) in [5.74, 6) is 2.03. The molecule has 0 saturated heterocycles. The predicted molar refractivity (Wildman–Crippen MR) is 127 cm³/mol. The van der Waals surface area contributed by atoms with E-state index in [2.05, 4.69) is 31.2 Å². The number of esters is 1. The number of carbonyl (C=O) groups excluding carboxylic acids is 1. The first-order valence-electron chi connectivity index (χ1n) is 11.9. The molecule has 2 fully saturated rings. The van der Waals surface area contributed by atoms with Crippen molar-refractivity contribution in [2.24, 2.45) is 17.3 Å². The number of fused-ring (bicyclic) bond motifs is 5. The second-order valence-electron chi connectivity index (χ2n) is 10.3. The Balaban J connectivity index is 1.39. The average molecular weight is 432 g/mol. The lowest BCUT2D eigenvalue weighted by molar-refractivity contribution is -0.131. The summed E-state index contributed by atoms with van der Waals surface area (Å²) in [4.78, 5) is 11.3. The van der Waals surface area contributed by atoms with Crippen LogP contribution in [0.2, 0.25) is 0 Å². The van der Waals surface area contributed by atoms with E-state index in [9.17, 15) is 9.90 Å². The number of benzene rings is 2. The van der Waals surface area contributed by atoms with Gasteiger partial charge in [0.15, 0.2) is 0 Å². The van der Waals surface area contributed by atoms with Crippen molar-refractivity contribution in [1.82, 2.24) is 0 Å². The highest BCUT2D eigenvalue weighted by molar-refractivity contribution is 5.69. The number of rotatable bonds is 3. The Morgan fingerprint density at radius 1 is 1.12 bits per heavy atom. The van der Waals surface area contributed by atoms with Gasteiger partial charge in [-0.15, -0.1) is 0 Å². The van der Waals surface area contributed by atoms with Crippen LogP contribution in [-0.2, 0) is 11.2 Å². The third kappa shape index (κ3) is 3.45. The molecule has 2 saturated carbocycles. The number of carbonyl (C=O) groups is 1. The molecule has 32 heavy (non-hydrogen) atoms. The minimum atomic E-state index is -0.774. The number of hydrogen-bond acceptors (Lipinski definition) is 4. The highest BCUT2D eigenvalue weighted by atomic mass is 16.5. The number of ether oxygens (including phenoxy) is 1. The molecule has 0 amide bonds. The summed E-state index contributed by atoms with van der Waals surface area (Å²) in [7, 11) is 0. The van der Waals surface area contributed by atoms with Crippen LogP contribution < -0.4 is 10.5 Å². The van der Waals surface area contributed by atoms with E-state index in [0.29, 0.717) is 23.5 Å². The van der Waals surface area contributed by atoms with Crippen molar-refractivity contribution in [3.05, 3.63) is 65.2 Å². The maximum absolute atomic E-state index is 11.8. The van der Waals surface area contributed by atoms with Crippen molar-refractivity contribution in [3.63, 3.8) is 0 Å². The molecule has 5 atom stereocenters. The molecule has 0 radical (unpaired) electrons. The van der Waals surface area contributed by atoms with Crippen molar-refractivity contribution in [2.45, 2.75) is 63.9 Å². The molecule has 0 spiro atoms. The first-order chi connectivity index (χ1) is 15.3. The summed E-state index contributed by atoms with van der Waals surface area (Å²) < 4.78 is 5.31. The van der Waals surface area contributed by atoms with E-state index in [0.717, 1.165) is 49.8 Å². The zero-order valence-corrected chi connectivity index (χ0v) is 19.0. The number of aliphatic hydroxyl groups is 1. The molecule has 0 heterocycles. The Bertz CT molecular complexity index is 1060. The smallest absolute Gasteiger partial charge is 0.308 e. The summed E-state index contributed by atoms with van der Waals surface area (Å²) in [6.07, 6.45) is 10.3. The zero-order valence-electron chi connectivity index (χ0n) is 19.0. The maximum atomic E-state index is 11.8. The van der Waals surface area contributed by atoms with Crippen molar-refractivity contribution >= 4 is 17.7 Å². The van der Waals surface area contributed by atoms with Crippen molar-refractivity contribution in [1.29, 1.82) is 0 Å². The number of nitrogens with two attached hydrogens (primary N) is 1. The molecular formula is C28H33NO3. The Kier molecular flexibility index (Phi) is 5.16. The molecule has 0 aromatic heterocycles. The maximum Gasteiger partial charge on any atom is 0.308 e. The van der Waals surface area contributed by atoms with Crippen LogP contribution in [0.4, 0.5) is 5.69 Å². The van der Waals surface area contributed by atoms with E-state index < -0.39 is 5.60 Å². The Morgan fingerprint density at radius 3 is 2.66 bits per heavy atom.